The van der Waals surface area contributed by atoms with Crippen molar-refractivity contribution in [2.45, 2.75) is 31.8 Å². The average Bonchev–Trinajstić information content (AvgIpc) is 2.20. The molecule has 0 amide bonds. The molecule has 0 aliphatic carbocycles. The second-order valence-corrected chi connectivity index (χ2v) is 6.12. The number of rotatable bonds is 4. The molecule has 16 heavy (non-hydrogen) atoms. The van der Waals surface area contributed by atoms with Crippen molar-refractivity contribution in [2.75, 3.05) is 5.73 Å². The van der Waals surface area contributed by atoms with Crippen LogP contribution in [0.2, 0.25) is 0 Å². The summed E-state index contributed by atoms with van der Waals surface area (Å²) in [4.78, 5) is 0. The van der Waals surface area contributed by atoms with Crippen molar-refractivity contribution in [1.82, 2.24) is 0 Å². The Kier molecular flexibility index (Phi) is 4.47. The molecule has 2 unspecified atom stereocenters. The number of anilines is 1. The molecule has 0 aromatic heterocycles. The standard InChI is InChI=1S/C12H18FNOS/c1-8(2)9(3)16(15)7-10-4-5-11(14)6-12(10)13/h4-6,8-9H,7,14H2,1-3H3. The van der Waals surface area contributed by atoms with Crippen LogP contribution in [0.5, 0.6) is 0 Å². The molecule has 90 valence electrons. The van der Waals surface area contributed by atoms with E-state index in [-0.39, 0.29) is 16.8 Å². The maximum atomic E-state index is 13.5. The molecule has 4 heteroatoms. The minimum Gasteiger partial charge on any atom is -0.399 e. The van der Waals surface area contributed by atoms with Crippen LogP contribution in [0, 0.1) is 11.7 Å². The molecule has 0 radical (unpaired) electrons. The van der Waals surface area contributed by atoms with Crippen molar-refractivity contribution < 1.29 is 8.60 Å². The van der Waals surface area contributed by atoms with E-state index in [4.69, 9.17) is 5.73 Å². The summed E-state index contributed by atoms with van der Waals surface area (Å²) in [6, 6.07) is 4.51. The van der Waals surface area contributed by atoms with E-state index in [2.05, 4.69) is 0 Å². The van der Waals surface area contributed by atoms with E-state index in [0.29, 0.717) is 17.2 Å². The molecule has 2 nitrogen and oxygen atoms in total. The smallest absolute Gasteiger partial charge is 0.129 e. The molecule has 0 aliphatic heterocycles. The van der Waals surface area contributed by atoms with Gasteiger partial charge in [0.2, 0.25) is 0 Å². The SMILES string of the molecule is CC(C)C(C)S(=O)Cc1ccc(N)cc1F. The molecular formula is C12H18FNOS. The van der Waals surface area contributed by atoms with Gasteiger partial charge >= 0.3 is 0 Å². The molecule has 0 fully saturated rings. The summed E-state index contributed by atoms with van der Waals surface area (Å²) in [5.74, 6) is 0.216. The molecule has 0 heterocycles. The predicted octanol–water partition coefficient (Wildman–Crippen LogP) is 2.70. The molecular weight excluding hydrogens is 225 g/mol. The summed E-state index contributed by atoms with van der Waals surface area (Å²) in [5.41, 5.74) is 6.32. The fourth-order valence-corrected chi connectivity index (χ4v) is 2.68. The molecule has 0 spiro atoms. The van der Waals surface area contributed by atoms with Crippen molar-refractivity contribution in [3.8, 4) is 0 Å². The first-order valence-electron chi connectivity index (χ1n) is 5.33. The highest BCUT2D eigenvalue weighted by atomic mass is 32.2. The second kappa shape index (κ2) is 5.43. The molecule has 1 rings (SSSR count). The van der Waals surface area contributed by atoms with Gasteiger partial charge in [-0.1, -0.05) is 26.8 Å². The second-order valence-electron chi connectivity index (χ2n) is 4.33. The van der Waals surface area contributed by atoms with Crippen LogP contribution >= 0.6 is 0 Å². The van der Waals surface area contributed by atoms with Gasteiger partial charge in [-0.15, -0.1) is 0 Å². The van der Waals surface area contributed by atoms with E-state index >= 15 is 0 Å². The summed E-state index contributed by atoms with van der Waals surface area (Å²) < 4.78 is 25.4. The highest BCUT2D eigenvalue weighted by molar-refractivity contribution is 7.84. The highest BCUT2D eigenvalue weighted by Crippen LogP contribution is 2.17. The maximum Gasteiger partial charge on any atom is 0.129 e. The molecule has 1 aromatic carbocycles. The van der Waals surface area contributed by atoms with Gasteiger partial charge in [-0.25, -0.2) is 4.39 Å². The Morgan fingerprint density at radius 3 is 2.50 bits per heavy atom. The summed E-state index contributed by atoms with van der Waals surface area (Å²) in [6.45, 7) is 5.96. The largest absolute Gasteiger partial charge is 0.399 e. The van der Waals surface area contributed by atoms with Crippen LogP contribution < -0.4 is 5.73 Å². The van der Waals surface area contributed by atoms with Crippen LogP contribution in [0.4, 0.5) is 10.1 Å². The lowest BCUT2D eigenvalue weighted by Gasteiger charge is -2.15. The number of nitrogens with two attached hydrogens (primary N) is 1. The van der Waals surface area contributed by atoms with E-state index in [1.807, 2.05) is 20.8 Å². The van der Waals surface area contributed by atoms with Gasteiger partial charge in [-0.3, -0.25) is 4.21 Å². The fourth-order valence-electron chi connectivity index (χ4n) is 1.27. The van der Waals surface area contributed by atoms with E-state index in [0.717, 1.165) is 0 Å². The summed E-state index contributed by atoms with van der Waals surface area (Å²) in [6.07, 6.45) is 0. The van der Waals surface area contributed by atoms with Crippen molar-refractivity contribution in [1.29, 1.82) is 0 Å². The van der Waals surface area contributed by atoms with Crippen molar-refractivity contribution >= 4 is 16.5 Å². The monoisotopic (exact) mass is 243 g/mol. The fraction of sp³-hybridized carbons (Fsp3) is 0.500. The lowest BCUT2D eigenvalue weighted by atomic mass is 10.2. The Labute approximate surface area is 98.5 Å². The van der Waals surface area contributed by atoms with Gasteiger partial charge in [0.1, 0.15) is 5.82 Å². The maximum absolute atomic E-state index is 13.5. The first kappa shape index (κ1) is 13.2. The summed E-state index contributed by atoms with van der Waals surface area (Å²) in [5, 5.41) is 0.0666. The normalized spacial score (nSPS) is 15.1. The topological polar surface area (TPSA) is 43.1 Å². The van der Waals surface area contributed by atoms with E-state index in [1.165, 1.54) is 6.07 Å². The Bertz CT molecular complexity index is 393. The number of nitrogen functional groups attached to an aromatic ring is 1. The highest BCUT2D eigenvalue weighted by Gasteiger charge is 2.16. The van der Waals surface area contributed by atoms with Gasteiger partial charge in [0.15, 0.2) is 0 Å². The molecule has 2 atom stereocenters. The Hall–Kier alpha value is -0.900. The van der Waals surface area contributed by atoms with Gasteiger partial charge in [0.25, 0.3) is 0 Å². The molecule has 0 saturated carbocycles. The van der Waals surface area contributed by atoms with Crippen LogP contribution in [-0.4, -0.2) is 9.46 Å². The van der Waals surface area contributed by atoms with Gasteiger partial charge in [0, 0.05) is 27.3 Å². The lowest BCUT2D eigenvalue weighted by Crippen LogP contribution is -2.19. The van der Waals surface area contributed by atoms with E-state index in [1.54, 1.807) is 12.1 Å². The van der Waals surface area contributed by atoms with Crippen LogP contribution in [-0.2, 0) is 16.6 Å². The van der Waals surface area contributed by atoms with Crippen LogP contribution in [0.1, 0.15) is 26.3 Å². The van der Waals surface area contributed by atoms with E-state index < -0.39 is 10.8 Å². The van der Waals surface area contributed by atoms with Crippen LogP contribution in [0.15, 0.2) is 18.2 Å². The zero-order valence-corrected chi connectivity index (χ0v) is 10.7. The van der Waals surface area contributed by atoms with Crippen LogP contribution in [0.25, 0.3) is 0 Å². The third-order valence-corrected chi connectivity index (χ3v) is 4.70. The van der Waals surface area contributed by atoms with Gasteiger partial charge in [0.05, 0.1) is 5.75 Å². The molecule has 1 aromatic rings. The molecule has 0 aliphatic rings. The summed E-state index contributed by atoms with van der Waals surface area (Å²) >= 11 is 0. The predicted molar refractivity (Wildman–Crippen MR) is 67.0 cm³/mol. The molecule has 2 N–H and O–H groups in total. The quantitative estimate of drug-likeness (QED) is 0.826. The Balaban J connectivity index is 2.77. The minimum absolute atomic E-state index is 0.0666. The molecule has 0 saturated heterocycles. The van der Waals surface area contributed by atoms with Gasteiger partial charge < -0.3 is 5.73 Å². The first-order valence-corrected chi connectivity index (χ1v) is 6.71. The molecule has 0 bridgehead atoms. The zero-order chi connectivity index (χ0) is 12.3. The van der Waals surface area contributed by atoms with E-state index in [9.17, 15) is 8.60 Å². The van der Waals surface area contributed by atoms with Crippen molar-refractivity contribution in [3.63, 3.8) is 0 Å². The van der Waals surface area contributed by atoms with Crippen molar-refractivity contribution in [2.24, 2.45) is 5.92 Å². The first-order chi connectivity index (χ1) is 7.41. The minimum atomic E-state index is -1.04. The zero-order valence-electron chi connectivity index (χ0n) is 9.87. The average molecular weight is 243 g/mol. The van der Waals surface area contributed by atoms with Gasteiger partial charge in [-0.05, 0) is 18.1 Å². The number of hydrogen-bond acceptors (Lipinski definition) is 2. The third kappa shape index (κ3) is 3.30. The van der Waals surface area contributed by atoms with Crippen LogP contribution in [0.3, 0.4) is 0 Å². The Morgan fingerprint density at radius 1 is 1.38 bits per heavy atom. The lowest BCUT2D eigenvalue weighted by molar-refractivity contribution is 0.598. The number of hydrogen-bond donors (Lipinski definition) is 1. The summed E-state index contributed by atoms with van der Waals surface area (Å²) in [7, 11) is -1.04. The van der Waals surface area contributed by atoms with Gasteiger partial charge in [-0.2, -0.15) is 0 Å². The Morgan fingerprint density at radius 2 is 2.00 bits per heavy atom. The van der Waals surface area contributed by atoms with Crippen molar-refractivity contribution in [3.05, 3.63) is 29.6 Å². The third-order valence-electron chi connectivity index (χ3n) is 2.73. The number of benzene rings is 1. The number of halogens is 1.